The normalized spacial score (nSPS) is 11.0. The van der Waals surface area contributed by atoms with E-state index >= 15 is 0 Å². The highest BCUT2D eigenvalue weighted by molar-refractivity contribution is 14.1. The Balaban J connectivity index is 2.87. The largest absolute Gasteiger partial charge is 0.278 e. The van der Waals surface area contributed by atoms with Crippen molar-refractivity contribution in [3.05, 3.63) is 21.1 Å². The summed E-state index contributed by atoms with van der Waals surface area (Å²) >= 11 is 9.64. The number of imidazole rings is 1. The Bertz CT molecular complexity index is 456. The van der Waals surface area contributed by atoms with Crippen LogP contribution >= 0.6 is 46.0 Å². The molecule has 0 spiro atoms. The smallest absolute Gasteiger partial charge is 0.175 e. The van der Waals surface area contributed by atoms with Gasteiger partial charge in [-0.1, -0.05) is 23.4 Å². The maximum absolute atomic E-state index is 5.94. The summed E-state index contributed by atoms with van der Waals surface area (Å²) < 4.78 is 2.82. The van der Waals surface area contributed by atoms with Gasteiger partial charge in [-0.05, 0) is 28.8 Å². The minimum Gasteiger partial charge on any atom is -0.278 e. The monoisotopic (exact) mass is 325 g/mol. The molecule has 0 atom stereocenters. The minimum absolute atomic E-state index is 0.517. The van der Waals surface area contributed by atoms with E-state index in [-0.39, 0.29) is 0 Å². The third-order valence-electron chi connectivity index (χ3n) is 1.60. The second kappa shape index (κ2) is 3.62. The van der Waals surface area contributed by atoms with Gasteiger partial charge in [0.15, 0.2) is 10.8 Å². The van der Waals surface area contributed by atoms with Crippen LogP contribution in [0.2, 0.25) is 5.15 Å². The fourth-order valence-electron chi connectivity index (χ4n) is 1.04. The van der Waals surface area contributed by atoms with E-state index in [2.05, 4.69) is 32.6 Å². The zero-order valence-corrected chi connectivity index (χ0v) is 10.4. The quantitative estimate of drug-likeness (QED) is 0.349. The van der Waals surface area contributed by atoms with Crippen LogP contribution in [0.1, 0.15) is 0 Å². The highest BCUT2D eigenvalue weighted by atomic mass is 127. The van der Waals surface area contributed by atoms with Crippen molar-refractivity contribution in [3.8, 4) is 0 Å². The van der Waals surface area contributed by atoms with E-state index in [9.17, 15) is 0 Å². The first-order valence-corrected chi connectivity index (χ1v) is 6.14. The van der Waals surface area contributed by atoms with Crippen LogP contribution in [0.4, 0.5) is 0 Å². The molecule has 0 radical (unpaired) electrons. The lowest BCUT2D eigenvalue weighted by Crippen LogP contribution is -1.96. The second-order valence-electron chi connectivity index (χ2n) is 2.32. The van der Waals surface area contributed by atoms with E-state index in [0.29, 0.717) is 5.15 Å². The van der Waals surface area contributed by atoms with Gasteiger partial charge in [0.05, 0.1) is 3.57 Å². The first-order valence-electron chi connectivity index (χ1n) is 3.46. The average Bonchev–Trinajstić information content (AvgIpc) is 2.60. The van der Waals surface area contributed by atoms with Crippen LogP contribution in [-0.2, 0) is 0 Å². The van der Waals surface area contributed by atoms with Crippen molar-refractivity contribution in [1.82, 2.24) is 14.4 Å². The van der Waals surface area contributed by atoms with Gasteiger partial charge in [0.25, 0.3) is 0 Å². The van der Waals surface area contributed by atoms with Crippen molar-refractivity contribution >= 4 is 51.6 Å². The van der Waals surface area contributed by atoms with E-state index in [0.717, 1.165) is 14.4 Å². The lowest BCUT2D eigenvalue weighted by Gasteiger charge is -2.03. The Morgan fingerprint density at radius 2 is 2.38 bits per heavy atom. The zero-order chi connectivity index (χ0) is 9.42. The molecular formula is C7H5ClIN3S. The predicted molar refractivity (Wildman–Crippen MR) is 62.5 cm³/mol. The number of thioether (sulfide) groups is 1. The summed E-state index contributed by atoms with van der Waals surface area (Å²) in [7, 11) is 0. The fourth-order valence-corrected chi connectivity index (χ4v) is 2.30. The molecule has 13 heavy (non-hydrogen) atoms. The molecule has 0 aliphatic rings. The number of nitrogens with zero attached hydrogens (tertiary/aromatic N) is 3. The molecule has 0 unspecified atom stereocenters. The van der Waals surface area contributed by atoms with Crippen LogP contribution in [0.15, 0.2) is 17.6 Å². The molecule has 2 rings (SSSR count). The van der Waals surface area contributed by atoms with Gasteiger partial charge in [0.2, 0.25) is 0 Å². The number of fused-ring (bicyclic) bond motifs is 1. The molecular weight excluding hydrogens is 321 g/mol. The molecule has 6 heteroatoms. The Morgan fingerprint density at radius 3 is 3.08 bits per heavy atom. The number of hydrogen-bond acceptors (Lipinski definition) is 3. The van der Waals surface area contributed by atoms with Crippen molar-refractivity contribution in [3.63, 3.8) is 0 Å². The van der Waals surface area contributed by atoms with Crippen LogP contribution in [0.25, 0.3) is 5.65 Å². The molecule has 0 saturated carbocycles. The Labute approximate surface area is 98.0 Å². The highest BCUT2D eigenvalue weighted by Crippen LogP contribution is 2.24. The summed E-state index contributed by atoms with van der Waals surface area (Å²) in [6.45, 7) is 0. The van der Waals surface area contributed by atoms with Crippen molar-refractivity contribution in [2.75, 3.05) is 6.26 Å². The van der Waals surface area contributed by atoms with Gasteiger partial charge >= 0.3 is 0 Å². The molecule has 0 N–H and O–H groups in total. The maximum Gasteiger partial charge on any atom is 0.175 e. The van der Waals surface area contributed by atoms with Gasteiger partial charge in [0.1, 0.15) is 5.15 Å². The highest BCUT2D eigenvalue weighted by Gasteiger charge is 2.09. The van der Waals surface area contributed by atoms with Gasteiger partial charge in [-0.15, -0.1) is 0 Å². The third-order valence-corrected chi connectivity index (χ3v) is 3.84. The van der Waals surface area contributed by atoms with Gasteiger partial charge < -0.3 is 0 Å². The number of rotatable bonds is 1. The van der Waals surface area contributed by atoms with Crippen LogP contribution in [0.5, 0.6) is 0 Å². The average molecular weight is 326 g/mol. The Kier molecular flexibility index (Phi) is 2.66. The molecule has 2 aromatic heterocycles. The standard InChI is InChI=1S/C7H5ClIN3S/c1-13-7-11-5(8)4(9)6-10-2-3-12(6)7/h2-3H,1H3. The summed E-state index contributed by atoms with van der Waals surface area (Å²) in [4.78, 5) is 8.44. The Morgan fingerprint density at radius 1 is 1.62 bits per heavy atom. The van der Waals surface area contributed by atoms with Gasteiger partial charge in [-0.3, -0.25) is 4.40 Å². The number of aromatic nitrogens is 3. The van der Waals surface area contributed by atoms with Gasteiger partial charge in [-0.25, -0.2) is 9.97 Å². The van der Waals surface area contributed by atoms with Crippen LogP contribution < -0.4 is 0 Å². The molecule has 0 saturated heterocycles. The molecule has 68 valence electrons. The summed E-state index contributed by atoms with van der Waals surface area (Å²) in [6.07, 6.45) is 5.59. The van der Waals surface area contributed by atoms with E-state index in [4.69, 9.17) is 11.6 Å². The maximum atomic E-state index is 5.94. The van der Waals surface area contributed by atoms with E-state index in [1.54, 1.807) is 18.0 Å². The molecule has 0 bridgehead atoms. The molecule has 0 aromatic carbocycles. The van der Waals surface area contributed by atoms with Crippen LogP contribution in [-0.4, -0.2) is 20.6 Å². The minimum atomic E-state index is 0.517. The molecule has 2 aromatic rings. The summed E-state index contributed by atoms with van der Waals surface area (Å²) in [5.74, 6) is 0. The first-order chi connectivity index (χ1) is 6.24. The van der Waals surface area contributed by atoms with E-state index in [1.807, 2.05) is 16.9 Å². The van der Waals surface area contributed by atoms with E-state index in [1.165, 1.54) is 0 Å². The Hall–Kier alpha value is -0.0100. The van der Waals surface area contributed by atoms with Crippen LogP contribution in [0.3, 0.4) is 0 Å². The molecule has 0 aliphatic carbocycles. The van der Waals surface area contributed by atoms with Crippen molar-refractivity contribution in [2.24, 2.45) is 0 Å². The number of hydrogen-bond donors (Lipinski definition) is 0. The molecule has 3 nitrogen and oxygen atoms in total. The SMILES string of the molecule is CSc1nc(Cl)c(I)c2nccn12. The zero-order valence-electron chi connectivity index (χ0n) is 6.66. The lowest BCUT2D eigenvalue weighted by molar-refractivity contribution is 0.899. The number of halogens is 2. The molecule has 0 amide bonds. The fraction of sp³-hybridized carbons (Fsp3) is 0.143. The molecule has 2 heterocycles. The predicted octanol–water partition coefficient (Wildman–Crippen LogP) is 2.71. The summed E-state index contributed by atoms with van der Waals surface area (Å²) in [5, 5.41) is 1.38. The van der Waals surface area contributed by atoms with Crippen molar-refractivity contribution in [1.29, 1.82) is 0 Å². The van der Waals surface area contributed by atoms with Crippen molar-refractivity contribution < 1.29 is 0 Å². The topological polar surface area (TPSA) is 30.2 Å². The van der Waals surface area contributed by atoms with Gasteiger partial charge in [-0.2, -0.15) is 0 Å². The lowest BCUT2D eigenvalue weighted by atomic mass is 10.6. The van der Waals surface area contributed by atoms with Crippen molar-refractivity contribution in [2.45, 2.75) is 5.16 Å². The second-order valence-corrected chi connectivity index (χ2v) is 4.53. The first kappa shape index (κ1) is 9.54. The molecule has 0 aliphatic heterocycles. The molecule has 0 fully saturated rings. The summed E-state index contributed by atoms with van der Waals surface area (Å²) in [5.41, 5.74) is 0.866. The van der Waals surface area contributed by atoms with Gasteiger partial charge in [0, 0.05) is 12.4 Å². The van der Waals surface area contributed by atoms with E-state index < -0.39 is 0 Å². The van der Waals surface area contributed by atoms with Crippen LogP contribution in [0, 0.1) is 3.57 Å². The summed E-state index contributed by atoms with van der Waals surface area (Å²) in [6, 6.07) is 0. The third kappa shape index (κ3) is 1.53.